The smallest absolute Gasteiger partial charge is 0.226 e. The first-order valence-electron chi connectivity index (χ1n) is 12.4. The Kier molecular flexibility index (Phi) is 5.97. The summed E-state index contributed by atoms with van der Waals surface area (Å²) < 4.78 is 5.33. The van der Waals surface area contributed by atoms with Crippen molar-refractivity contribution in [3.8, 4) is 0 Å². The monoisotopic (exact) mass is 431 g/mol. The van der Waals surface area contributed by atoms with Crippen LogP contribution in [0.4, 0.5) is 0 Å². The second kappa shape index (κ2) is 8.72. The van der Waals surface area contributed by atoms with Gasteiger partial charge in [-0.3, -0.25) is 14.4 Å². The molecule has 4 bridgehead atoms. The molecule has 0 unspecified atom stereocenters. The van der Waals surface area contributed by atoms with Crippen LogP contribution in [0, 0.1) is 29.1 Å². The molecule has 3 amide bonds. The van der Waals surface area contributed by atoms with E-state index in [2.05, 4.69) is 5.32 Å². The summed E-state index contributed by atoms with van der Waals surface area (Å²) in [6.07, 6.45) is 9.00. The molecule has 0 aromatic carbocycles. The van der Waals surface area contributed by atoms with Gasteiger partial charge in [0.2, 0.25) is 17.7 Å². The van der Waals surface area contributed by atoms with Crippen LogP contribution < -0.4 is 5.32 Å². The number of morpholine rings is 1. The Morgan fingerprint density at radius 2 is 1.42 bits per heavy atom. The summed E-state index contributed by atoms with van der Waals surface area (Å²) >= 11 is 0. The van der Waals surface area contributed by atoms with Gasteiger partial charge in [0, 0.05) is 50.5 Å². The van der Waals surface area contributed by atoms with Crippen LogP contribution in [0.15, 0.2) is 0 Å². The van der Waals surface area contributed by atoms with E-state index in [-0.39, 0.29) is 29.1 Å². The standard InChI is InChI=1S/C24H37N3O4/c28-21(26-5-2-20(3-6-26)22(29)27-7-9-31-10-8-27)1-4-25-23(30)24-14-17-11-18(15-24)13-19(12-17)16-24/h17-20H,1-16H2,(H,25,30). The van der Waals surface area contributed by atoms with Crippen molar-refractivity contribution in [2.24, 2.45) is 29.1 Å². The van der Waals surface area contributed by atoms with E-state index in [1.165, 1.54) is 19.3 Å². The van der Waals surface area contributed by atoms with Crippen molar-refractivity contribution in [2.75, 3.05) is 45.9 Å². The first kappa shape index (κ1) is 21.2. The number of carbonyl (C=O) groups excluding carboxylic acids is 3. The molecule has 0 spiro atoms. The molecule has 6 fully saturated rings. The molecule has 172 valence electrons. The Morgan fingerprint density at radius 1 is 0.839 bits per heavy atom. The molecule has 7 heteroatoms. The van der Waals surface area contributed by atoms with Gasteiger partial charge in [0.25, 0.3) is 0 Å². The molecular weight excluding hydrogens is 394 g/mol. The van der Waals surface area contributed by atoms with Gasteiger partial charge in [0.15, 0.2) is 0 Å². The topological polar surface area (TPSA) is 79.0 Å². The molecule has 0 atom stereocenters. The Morgan fingerprint density at radius 3 is 2.00 bits per heavy atom. The minimum Gasteiger partial charge on any atom is -0.378 e. The first-order valence-corrected chi connectivity index (χ1v) is 12.4. The van der Waals surface area contributed by atoms with Crippen LogP contribution in [-0.2, 0) is 19.1 Å². The van der Waals surface area contributed by atoms with Crippen molar-refractivity contribution in [3.63, 3.8) is 0 Å². The Bertz CT molecular complexity index is 674. The molecule has 2 heterocycles. The second-order valence-electron chi connectivity index (χ2n) is 10.8. The van der Waals surface area contributed by atoms with E-state index in [0.717, 1.165) is 49.9 Å². The van der Waals surface area contributed by atoms with Gasteiger partial charge >= 0.3 is 0 Å². The highest BCUT2D eigenvalue weighted by Gasteiger charge is 2.54. The van der Waals surface area contributed by atoms with Gasteiger partial charge in [-0.05, 0) is 69.1 Å². The average Bonchev–Trinajstić information content (AvgIpc) is 2.78. The molecule has 4 saturated carbocycles. The van der Waals surface area contributed by atoms with Gasteiger partial charge in [-0.25, -0.2) is 0 Å². The zero-order valence-corrected chi connectivity index (χ0v) is 18.7. The van der Waals surface area contributed by atoms with E-state index >= 15 is 0 Å². The number of likely N-dealkylation sites (tertiary alicyclic amines) is 1. The van der Waals surface area contributed by atoms with Crippen LogP contribution in [0.3, 0.4) is 0 Å². The molecule has 4 aliphatic carbocycles. The predicted octanol–water partition coefficient (Wildman–Crippen LogP) is 1.81. The van der Waals surface area contributed by atoms with E-state index in [4.69, 9.17) is 4.74 Å². The lowest BCUT2D eigenvalue weighted by molar-refractivity contribution is -0.146. The summed E-state index contributed by atoms with van der Waals surface area (Å²) in [6.45, 7) is 4.33. The maximum Gasteiger partial charge on any atom is 0.226 e. The number of nitrogens with one attached hydrogen (secondary N) is 1. The average molecular weight is 432 g/mol. The molecule has 6 aliphatic rings. The van der Waals surface area contributed by atoms with Crippen molar-refractivity contribution < 1.29 is 19.1 Å². The van der Waals surface area contributed by atoms with Gasteiger partial charge in [-0.1, -0.05) is 0 Å². The molecule has 31 heavy (non-hydrogen) atoms. The maximum absolute atomic E-state index is 13.0. The van der Waals surface area contributed by atoms with Crippen LogP contribution in [0.2, 0.25) is 0 Å². The van der Waals surface area contributed by atoms with Gasteiger partial charge in [-0.15, -0.1) is 0 Å². The van der Waals surface area contributed by atoms with E-state index < -0.39 is 0 Å². The second-order valence-corrected chi connectivity index (χ2v) is 10.8. The van der Waals surface area contributed by atoms with Crippen LogP contribution in [0.25, 0.3) is 0 Å². The fourth-order valence-electron chi connectivity index (χ4n) is 7.44. The van der Waals surface area contributed by atoms with Gasteiger partial charge in [0.05, 0.1) is 13.2 Å². The number of piperidine rings is 1. The van der Waals surface area contributed by atoms with E-state index in [0.29, 0.717) is 52.4 Å². The Balaban J connectivity index is 1.04. The molecule has 2 saturated heterocycles. The molecule has 0 aromatic heterocycles. The molecule has 6 rings (SSSR count). The summed E-state index contributed by atoms with van der Waals surface area (Å²) in [5.41, 5.74) is -0.143. The van der Waals surface area contributed by atoms with E-state index in [1.54, 1.807) is 0 Å². The Hall–Kier alpha value is -1.63. The number of nitrogens with zero attached hydrogens (tertiary/aromatic N) is 2. The van der Waals surface area contributed by atoms with Crippen LogP contribution in [-0.4, -0.2) is 73.5 Å². The quantitative estimate of drug-likeness (QED) is 0.720. The maximum atomic E-state index is 13.0. The number of ether oxygens (including phenoxy) is 1. The number of hydrogen-bond acceptors (Lipinski definition) is 4. The molecule has 2 aliphatic heterocycles. The summed E-state index contributed by atoms with van der Waals surface area (Å²) in [7, 11) is 0. The molecule has 0 aromatic rings. The largest absolute Gasteiger partial charge is 0.378 e. The summed E-state index contributed by atoms with van der Waals surface area (Å²) in [6, 6.07) is 0. The number of hydrogen-bond donors (Lipinski definition) is 1. The third-order valence-corrected chi connectivity index (χ3v) is 8.66. The first-order chi connectivity index (χ1) is 15.0. The fraction of sp³-hybridized carbons (Fsp3) is 0.875. The van der Waals surface area contributed by atoms with Gasteiger partial charge < -0.3 is 19.9 Å². The highest BCUT2D eigenvalue weighted by molar-refractivity contribution is 5.84. The number of carbonyl (C=O) groups is 3. The minimum atomic E-state index is -0.143. The fourth-order valence-corrected chi connectivity index (χ4v) is 7.44. The molecule has 1 N–H and O–H groups in total. The molecule has 0 radical (unpaired) electrons. The highest BCUT2D eigenvalue weighted by atomic mass is 16.5. The van der Waals surface area contributed by atoms with E-state index in [1.807, 2.05) is 9.80 Å². The number of rotatable bonds is 5. The van der Waals surface area contributed by atoms with Crippen molar-refractivity contribution in [3.05, 3.63) is 0 Å². The summed E-state index contributed by atoms with van der Waals surface area (Å²) in [5, 5.41) is 3.12. The predicted molar refractivity (Wildman–Crippen MR) is 115 cm³/mol. The zero-order chi connectivity index (χ0) is 21.4. The number of amides is 3. The highest BCUT2D eigenvalue weighted by Crippen LogP contribution is 2.60. The van der Waals surface area contributed by atoms with Crippen LogP contribution >= 0.6 is 0 Å². The SMILES string of the molecule is O=C(CCNC(=O)C12CC3CC(CC(C3)C1)C2)N1CCC(C(=O)N2CCOCC2)CC1. The van der Waals surface area contributed by atoms with Crippen molar-refractivity contribution in [1.29, 1.82) is 0 Å². The lowest BCUT2D eigenvalue weighted by Crippen LogP contribution is -2.54. The van der Waals surface area contributed by atoms with Crippen LogP contribution in [0.5, 0.6) is 0 Å². The van der Waals surface area contributed by atoms with Gasteiger partial charge in [0.1, 0.15) is 0 Å². The summed E-state index contributed by atoms with van der Waals surface area (Å²) in [5.74, 6) is 2.80. The summed E-state index contributed by atoms with van der Waals surface area (Å²) in [4.78, 5) is 42.1. The Labute approximate surface area is 185 Å². The normalized spacial score (nSPS) is 35.3. The third-order valence-electron chi connectivity index (χ3n) is 8.66. The molecule has 7 nitrogen and oxygen atoms in total. The van der Waals surface area contributed by atoms with Crippen molar-refractivity contribution in [1.82, 2.24) is 15.1 Å². The van der Waals surface area contributed by atoms with E-state index in [9.17, 15) is 14.4 Å². The minimum absolute atomic E-state index is 0.0259. The van der Waals surface area contributed by atoms with Crippen molar-refractivity contribution >= 4 is 17.7 Å². The van der Waals surface area contributed by atoms with Crippen molar-refractivity contribution in [2.45, 2.75) is 57.8 Å². The van der Waals surface area contributed by atoms with Crippen LogP contribution in [0.1, 0.15) is 57.8 Å². The third kappa shape index (κ3) is 4.35. The lowest BCUT2D eigenvalue weighted by Gasteiger charge is -2.55. The lowest BCUT2D eigenvalue weighted by atomic mass is 9.49. The zero-order valence-electron chi connectivity index (χ0n) is 18.7. The van der Waals surface area contributed by atoms with Gasteiger partial charge in [-0.2, -0.15) is 0 Å². The molecular formula is C24H37N3O4.